The Morgan fingerprint density at radius 2 is 2.04 bits per heavy atom. The van der Waals surface area contributed by atoms with Crippen LogP contribution in [0.5, 0.6) is 0 Å². The molecule has 0 aliphatic carbocycles. The summed E-state index contributed by atoms with van der Waals surface area (Å²) in [4.78, 5) is 21.1. The van der Waals surface area contributed by atoms with Crippen LogP contribution in [0.1, 0.15) is 18.1 Å². The Morgan fingerprint density at radius 3 is 2.78 bits per heavy atom. The number of rotatable bonds is 6. The second kappa shape index (κ2) is 7.92. The topological polar surface area (TPSA) is 67.4 Å². The number of benzene rings is 1. The first-order valence-corrected chi connectivity index (χ1v) is 9.54. The average Bonchev–Trinajstić information content (AvgIpc) is 3.36. The zero-order chi connectivity index (χ0) is 18.6. The number of carbonyl (C=O) groups excluding carboxylic acids is 1. The summed E-state index contributed by atoms with van der Waals surface area (Å²) in [7, 11) is 0. The van der Waals surface area contributed by atoms with Crippen LogP contribution in [-0.4, -0.2) is 63.2 Å². The van der Waals surface area contributed by atoms with Gasteiger partial charge in [-0.05, 0) is 24.1 Å². The molecule has 1 fully saturated rings. The van der Waals surface area contributed by atoms with Gasteiger partial charge in [-0.1, -0.05) is 13.0 Å². The Kier molecular flexibility index (Phi) is 5.20. The second-order valence-corrected chi connectivity index (χ2v) is 7.00. The molecule has 0 spiro atoms. The number of carbonyl (C=O) groups is 1. The maximum Gasteiger partial charge on any atom is 0.227 e. The molecule has 7 heteroatoms. The fourth-order valence-corrected chi connectivity index (χ4v) is 3.57. The van der Waals surface area contributed by atoms with Crippen LogP contribution in [0.25, 0.3) is 11.0 Å². The standard InChI is InChI=1S/C20H25N5O2/c1-2-16-3-4-19-18(11-16)17(13-27-19)12-20(26)24-8-5-23(6-9-24)7-10-25-15-21-14-22-25/h3-4,11,13-15H,2,5-10,12H2,1H3. The van der Waals surface area contributed by atoms with E-state index in [1.54, 1.807) is 18.9 Å². The smallest absolute Gasteiger partial charge is 0.227 e. The van der Waals surface area contributed by atoms with Crippen LogP contribution in [0, 0.1) is 0 Å². The summed E-state index contributed by atoms with van der Waals surface area (Å²) in [6.07, 6.45) is 6.40. The summed E-state index contributed by atoms with van der Waals surface area (Å²) < 4.78 is 7.47. The number of fused-ring (bicyclic) bond motifs is 1. The minimum atomic E-state index is 0.176. The van der Waals surface area contributed by atoms with Crippen LogP contribution in [0.2, 0.25) is 0 Å². The highest BCUT2D eigenvalue weighted by molar-refractivity contribution is 5.88. The van der Waals surface area contributed by atoms with E-state index in [1.807, 2.05) is 15.6 Å². The predicted octanol–water partition coefficient (Wildman–Crippen LogP) is 1.97. The lowest BCUT2D eigenvalue weighted by Crippen LogP contribution is -2.49. The van der Waals surface area contributed by atoms with Crippen molar-refractivity contribution >= 4 is 16.9 Å². The van der Waals surface area contributed by atoms with Crippen LogP contribution >= 0.6 is 0 Å². The third-order valence-electron chi connectivity index (χ3n) is 5.30. The lowest BCUT2D eigenvalue weighted by molar-refractivity contribution is -0.132. The molecule has 0 bridgehead atoms. The highest BCUT2D eigenvalue weighted by Gasteiger charge is 2.22. The minimum Gasteiger partial charge on any atom is -0.464 e. The molecular formula is C20H25N5O2. The highest BCUT2D eigenvalue weighted by Crippen LogP contribution is 2.24. The number of furan rings is 1. The SMILES string of the molecule is CCc1ccc2occ(CC(=O)N3CCN(CCn4cncn4)CC3)c2c1. The molecule has 1 amide bonds. The van der Waals surface area contributed by atoms with E-state index in [-0.39, 0.29) is 5.91 Å². The number of aromatic nitrogens is 3. The van der Waals surface area contributed by atoms with E-state index < -0.39 is 0 Å². The molecule has 1 aromatic carbocycles. The van der Waals surface area contributed by atoms with Gasteiger partial charge < -0.3 is 9.32 Å². The first-order valence-electron chi connectivity index (χ1n) is 9.54. The van der Waals surface area contributed by atoms with Gasteiger partial charge in [0, 0.05) is 43.7 Å². The maximum absolute atomic E-state index is 12.8. The third-order valence-corrected chi connectivity index (χ3v) is 5.30. The number of amides is 1. The third kappa shape index (κ3) is 4.03. The predicted molar refractivity (Wildman–Crippen MR) is 102 cm³/mol. The van der Waals surface area contributed by atoms with E-state index in [0.717, 1.165) is 62.2 Å². The zero-order valence-electron chi connectivity index (χ0n) is 15.7. The van der Waals surface area contributed by atoms with Crippen molar-refractivity contribution in [1.82, 2.24) is 24.6 Å². The van der Waals surface area contributed by atoms with Crippen molar-refractivity contribution in [3.63, 3.8) is 0 Å². The molecule has 0 saturated carbocycles. The molecule has 7 nitrogen and oxygen atoms in total. The van der Waals surface area contributed by atoms with Crippen molar-refractivity contribution in [1.29, 1.82) is 0 Å². The van der Waals surface area contributed by atoms with Crippen molar-refractivity contribution < 1.29 is 9.21 Å². The van der Waals surface area contributed by atoms with Crippen molar-refractivity contribution in [3.8, 4) is 0 Å². The van der Waals surface area contributed by atoms with Gasteiger partial charge in [-0.3, -0.25) is 14.4 Å². The molecule has 1 aliphatic heterocycles. The molecule has 3 aromatic rings. The molecule has 2 aromatic heterocycles. The summed E-state index contributed by atoms with van der Waals surface area (Å²) in [5, 5.41) is 5.19. The molecule has 1 saturated heterocycles. The lowest BCUT2D eigenvalue weighted by atomic mass is 10.1. The van der Waals surface area contributed by atoms with E-state index >= 15 is 0 Å². The quantitative estimate of drug-likeness (QED) is 0.666. The number of hydrogen-bond donors (Lipinski definition) is 0. The Morgan fingerprint density at radius 1 is 1.19 bits per heavy atom. The van der Waals surface area contributed by atoms with Crippen LogP contribution in [0.3, 0.4) is 0 Å². The van der Waals surface area contributed by atoms with Crippen molar-refractivity contribution in [3.05, 3.63) is 48.2 Å². The molecule has 142 valence electrons. The molecule has 4 rings (SSSR count). The van der Waals surface area contributed by atoms with Gasteiger partial charge in [0.05, 0.1) is 19.2 Å². The Balaban J connectivity index is 1.32. The van der Waals surface area contributed by atoms with E-state index in [9.17, 15) is 4.79 Å². The van der Waals surface area contributed by atoms with Crippen LogP contribution in [0.4, 0.5) is 0 Å². The summed E-state index contributed by atoms with van der Waals surface area (Å²) in [6.45, 7) is 7.22. The lowest BCUT2D eigenvalue weighted by Gasteiger charge is -2.34. The van der Waals surface area contributed by atoms with Gasteiger partial charge in [-0.25, -0.2) is 4.98 Å². The molecular weight excluding hydrogens is 342 g/mol. The minimum absolute atomic E-state index is 0.176. The molecule has 1 aliphatic rings. The van der Waals surface area contributed by atoms with Crippen molar-refractivity contribution in [2.24, 2.45) is 0 Å². The number of nitrogens with zero attached hydrogens (tertiary/aromatic N) is 5. The van der Waals surface area contributed by atoms with E-state index in [1.165, 1.54) is 5.56 Å². The number of piperazine rings is 1. The first-order chi connectivity index (χ1) is 13.2. The Hall–Kier alpha value is -2.67. The van der Waals surface area contributed by atoms with Gasteiger partial charge in [-0.15, -0.1) is 0 Å². The summed E-state index contributed by atoms with van der Waals surface area (Å²) in [6, 6.07) is 6.22. The van der Waals surface area contributed by atoms with Crippen LogP contribution in [-0.2, 0) is 24.2 Å². The van der Waals surface area contributed by atoms with E-state index in [0.29, 0.717) is 6.42 Å². The Labute approximate surface area is 158 Å². The summed E-state index contributed by atoms with van der Waals surface area (Å²) in [5.74, 6) is 0.176. The fourth-order valence-electron chi connectivity index (χ4n) is 3.57. The largest absolute Gasteiger partial charge is 0.464 e. The van der Waals surface area contributed by atoms with Gasteiger partial charge in [0.1, 0.15) is 18.2 Å². The second-order valence-electron chi connectivity index (χ2n) is 7.00. The van der Waals surface area contributed by atoms with Crippen LogP contribution in [0.15, 0.2) is 41.5 Å². The van der Waals surface area contributed by atoms with Crippen LogP contribution < -0.4 is 0 Å². The van der Waals surface area contributed by atoms with Gasteiger partial charge in [0.15, 0.2) is 0 Å². The normalized spacial score (nSPS) is 15.5. The Bertz CT molecular complexity index is 894. The van der Waals surface area contributed by atoms with Gasteiger partial charge in [-0.2, -0.15) is 5.10 Å². The maximum atomic E-state index is 12.8. The summed E-state index contributed by atoms with van der Waals surface area (Å²) >= 11 is 0. The molecule has 0 N–H and O–H groups in total. The fraction of sp³-hybridized carbons (Fsp3) is 0.450. The van der Waals surface area contributed by atoms with Gasteiger partial charge >= 0.3 is 0 Å². The summed E-state index contributed by atoms with van der Waals surface area (Å²) in [5.41, 5.74) is 3.10. The molecule has 0 radical (unpaired) electrons. The number of aryl methyl sites for hydroxylation is 1. The average molecular weight is 367 g/mol. The van der Waals surface area contributed by atoms with Gasteiger partial charge in [0.2, 0.25) is 5.91 Å². The monoisotopic (exact) mass is 367 g/mol. The molecule has 3 heterocycles. The zero-order valence-corrected chi connectivity index (χ0v) is 15.7. The molecule has 0 atom stereocenters. The van der Waals surface area contributed by atoms with Gasteiger partial charge in [0.25, 0.3) is 0 Å². The number of hydrogen-bond acceptors (Lipinski definition) is 5. The van der Waals surface area contributed by atoms with E-state index in [2.05, 4.69) is 34.0 Å². The highest BCUT2D eigenvalue weighted by atomic mass is 16.3. The van der Waals surface area contributed by atoms with Crippen molar-refractivity contribution in [2.75, 3.05) is 32.7 Å². The molecule has 0 unspecified atom stereocenters. The van der Waals surface area contributed by atoms with E-state index in [4.69, 9.17) is 4.42 Å². The van der Waals surface area contributed by atoms with Crippen molar-refractivity contribution in [2.45, 2.75) is 26.3 Å². The molecule has 27 heavy (non-hydrogen) atoms. The first kappa shape index (κ1) is 17.7.